The van der Waals surface area contributed by atoms with Crippen molar-refractivity contribution in [1.29, 1.82) is 10.5 Å². The Labute approximate surface area is 266 Å². The first-order valence-corrected chi connectivity index (χ1v) is 15.5. The molecule has 214 valence electrons. The summed E-state index contributed by atoms with van der Waals surface area (Å²) in [5, 5.41) is 21.0. The number of hydrogen-bond acceptors (Lipinski definition) is 3. The number of rotatable bonds is 3. The van der Waals surface area contributed by atoms with Gasteiger partial charge in [0.1, 0.15) is 0 Å². The molecule has 0 radical (unpaired) electrons. The van der Waals surface area contributed by atoms with Gasteiger partial charge in [-0.25, -0.2) is 0 Å². The number of nitriles is 2. The highest BCUT2D eigenvalue weighted by Gasteiger charge is 2.41. The van der Waals surface area contributed by atoms with Gasteiger partial charge in [-0.15, -0.1) is 0 Å². The topological polar surface area (TPSA) is 55.8 Å². The van der Waals surface area contributed by atoms with Gasteiger partial charge in [0.15, 0.2) is 0 Å². The third-order valence-electron chi connectivity index (χ3n) is 9.58. The van der Waals surface area contributed by atoms with Crippen molar-refractivity contribution in [3.05, 3.63) is 167 Å². The maximum Gasteiger partial charge on any atom is 0.0991 e. The van der Waals surface area contributed by atoms with Crippen molar-refractivity contribution >= 4 is 39.3 Å². The predicted molar refractivity (Wildman–Crippen MR) is 185 cm³/mol. The smallest absolute Gasteiger partial charge is 0.0991 e. The molecule has 0 spiro atoms. The van der Waals surface area contributed by atoms with E-state index in [1.807, 2.05) is 36.4 Å². The Balaban J connectivity index is 1.14. The molecule has 0 N–H and O–H groups in total. The molecule has 9 rings (SSSR count). The van der Waals surface area contributed by atoms with E-state index in [-0.39, 0.29) is 12.0 Å². The van der Waals surface area contributed by atoms with E-state index in [1.54, 1.807) is 0 Å². The summed E-state index contributed by atoms with van der Waals surface area (Å²) < 4.78 is 2.21. The van der Waals surface area contributed by atoms with Crippen molar-refractivity contribution in [2.45, 2.75) is 12.0 Å². The highest BCUT2D eigenvalue weighted by Crippen LogP contribution is 2.56. The summed E-state index contributed by atoms with van der Waals surface area (Å²) in [5.74, 6) is 0.249. The predicted octanol–water partition coefficient (Wildman–Crippen LogP) is 10.2. The molecule has 2 aliphatic rings. The molecule has 0 amide bonds. The second kappa shape index (κ2) is 10.1. The minimum absolute atomic E-state index is 0.203. The number of nitrogens with zero attached hydrogens (tertiary/aromatic N) is 4. The molecule has 4 heteroatoms. The van der Waals surface area contributed by atoms with Gasteiger partial charge in [-0.3, -0.25) is 0 Å². The first-order valence-electron chi connectivity index (χ1n) is 15.5. The molecular formula is C42H26N4. The largest absolute Gasteiger partial charge is 0.333 e. The van der Waals surface area contributed by atoms with Crippen molar-refractivity contribution in [2.75, 3.05) is 4.90 Å². The lowest BCUT2D eigenvalue weighted by Gasteiger charge is -2.33. The van der Waals surface area contributed by atoms with Crippen LogP contribution in [-0.4, -0.2) is 4.57 Å². The first kappa shape index (κ1) is 26.1. The van der Waals surface area contributed by atoms with Gasteiger partial charge in [-0.05, 0) is 101 Å². The van der Waals surface area contributed by atoms with E-state index in [0.29, 0.717) is 11.1 Å². The van der Waals surface area contributed by atoms with Gasteiger partial charge in [0.25, 0.3) is 0 Å². The lowest BCUT2D eigenvalue weighted by atomic mass is 9.82. The molecule has 0 saturated heterocycles. The van der Waals surface area contributed by atoms with Crippen LogP contribution in [-0.2, 0) is 0 Å². The van der Waals surface area contributed by atoms with Crippen molar-refractivity contribution in [1.82, 2.24) is 4.57 Å². The number of benzene rings is 6. The highest BCUT2D eigenvalue weighted by atomic mass is 15.2. The van der Waals surface area contributed by atoms with Crippen LogP contribution in [0.5, 0.6) is 0 Å². The standard InChI is InChI=1S/C42H26N4/c43-25-27-10-19-39-36(22-27)37-23-28(26-44)11-20-40(37)45(39)33-16-12-29(13-17-33)31-15-21-41-38(24-31)35-18-14-30-6-4-5-9-34(30)42(35)46(41)32-7-2-1-3-8-32/h1-24,35,42H. The zero-order valence-corrected chi connectivity index (χ0v) is 24.8. The Bertz CT molecular complexity index is 2380. The van der Waals surface area contributed by atoms with Gasteiger partial charge >= 0.3 is 0 Å². The third-order valence-corrected chi connectivity index (χ3v) is 9.58. The Morgan fingerprint density at radius 1 is 0.543 bits per heavy atom. The fourth-order valence-electron chi connectivity index (χ4n) is 7.51. The van der Waals surface area contributed by atoms with Gasteiger partial charge in [-0.2, -0.15) is 10.5 Å². The molecule has 1 aromatic heterocycles. The van der Waals surface area contributed by atoms with Crippen molar-refractivity contribution in [3.63, 3.8) is 0 Å². The number of aromatic nitrogens is 1. The summed E-state index contributed by atoms with van der Waals surface area (Å²) in [6.45, 7) is 0. The quantitative estimate of drug-likeness (QED) is 0.207. The fraction of sp³-hybridized carbons (Fsp3) is 0.0476. The number of fused-ring (bicyclic) bond motifs is 8. The lowest BCUT2D eigenvalue weighted by Crippen LogP contribution is -2.23. The van der Waals surface area contributed by atoms with Crippen LogP contribution >= 0.6 is 0 Å². The maximum absolute atomic E-state index is 9.56. The van der Waals surface area contributed by atoms with Crippen LogP contribution in [0.15, 0.2) is 140 Å². The Morgan fingerprint density at radius 3 is 1.89 bits per heavy atom. The molecule has 7 aromatic rings. The fourth-order valence-corrected chi connectivity index (χ4v) is 7.51. The molecule has 0 fully saturated rings. The van der Waals surface area contributed by atoms with Crippen LogP contribution in [0, 0.1) is 22.7 Å². The van der Waals surface area contributed by atoms with E-state index in [9.17, 15) is 10.5 Å². The van der Waals surface area contributed by atoms with Crippen molar-refractivity contribution in [2.24, 2.45) is 0 Å². The summed E-state index contributed by atoms with van der Waals surface area (Å²) >= 11 is 0. The van der Waals surface area contributed by atoms with Crippen LogP contribution in [0.4, 0.5) is 11.4 Å². The monoisotopic (exact) mass is 586 g/mol. The molecule has 0 bridgehead atoms. The van der Waals surface area contributed by atoms with E-state index < -0.39 is 0 Å². The second-order valence-electron chi connectivity index (χ2n) is 12.0. The summed E-state index contributed by atoms with van der Waals surface area (Å²) in [5.41, 5.74) is 13.0. The maximum atomic E-state index is 9.56. The summed E-state index contributed by atoms with van der Waals surface area (Å²) in [4.78, 5) is 2.51. The van der Waals surface area contributed by atoms with Crippen molar-refractivity contribution in [3.8, 4) is 29.0 Å². The molecule has 6 aromatic carbocycles. The van der Waals surface area contributed by atoms with E-state index in [4.69, 9.17) is 0 Å². The van der Waals surface area contributed by atoms with Crippen LogP contribution < -0.4 is 4.90 Å². The summed E-state index contributed by atoms with van der Waals surface area (Å²) in [7, 11) is 0. The van der Waals surface area contributed by atoms with Gasteiger partial charge in [0.2, 0.25) is 0 Å². The van der Waals surface area contributed by atoms with Gasteiger partial charge < -0.3 is 9.47 Å². The van der Waals surface area contributed by atoms with E-state index in [0.717, 1.165) is 33.1 Å². The van der Waals surface area contributed by atoms with Crippen LogP contribution in [0.3, 0.4) is 0 Å². The normalized spacial score (nSPS) is 16.1. The first-order chi connectivity index (χ1) is 22.7. The zero-order valence-electron chi connectivity index (χ0n) is 24.8. The average Bonchev–Trinajstić information content (AvgIpc) is 3.64. The lowest BCUT2D eigenvalue weighted by molar-refractivity contribution is 0.667. The van der Waals surface area contributed by atoms with Crippen molar-refractivity contribution < 1.29 is 0 Å². The minimum atomic E-state index is 0.203. The molecule has 1 aliphatic carbocycles. The minimum Gasteiger partial charge on any atom is -0.333 e. The SMILES string of the molecule is N#Cc1ccc2c(c1)c1cc(C#N)ccc1n2-c1ccc(-c2ccc3c(c2)C2C=Cc4ccccc4C2N3c2ccccc2)cc1. The molecule has 1 aliphatic heterocycles. The molecule has 4 nitrogen and oxygen atoms in total. The van der Waals surface area contributed by atoms with E-state index in [2.05, 4.69) is 131 Å². The Hall–Kier alpha value is -6.36. The van der Waals surface area contributed by atoms with Crippen LogP contribution in [0.25, 0.3) is 44.7 Å². The van der Waals surface area contributed by atoms with Gasteiger partial charge in [0.05, 0.1) is 40.3 Å². The third kappa shape index (κ3) is 3.84. The number of hydrogen-bond donors (Lipinski definition) is 0. The Morgan fingerprint density at radius 2 is 1.20 bits per heavy atom. The molecular weight excluding hydrogens is 560 g/mol. The molecule has 2 heterocycles. The molecule has 0 saturated carbocycles. The molecule has 2 atom stereocenters. The second-order valence-corrected chi connectivity index (χ2v) is 12.0. The Kier molecular flexibility index (Phi) is 5.72. The van der Waals surface area contributed by atoms with Gasteiger partial charge in [0, 0.05) is 33.8 Å². The highest BCUT2D eigenvalue weighted by molar-refractivity contribution is 6.10. The number of para-hydroxylation sites is 1. The molecule has 2 unspecified atom stereocenters. The zero-order chi connectivity index (χ0) is 30.8. The van der Waals surface area contributed by atoms with Crippen LogP contribution in [0.1, 0.15) is 39.8 Å². The van der Waals surface area contributed by atoms with E-state index >= 15 is 0 Å². The van der Waals surface area contributed by atoms with E-state index in [1.165, 1.54) is 33.6 Å². The summed E-state index contributed by atoms with van der Waals surface area (Å²) in [6.07, 6.45) is 4.65. The van der Waals surface area contributed by atoms with Gasteiger partial charge in [-0.1, -0.05) is 72.8 Å². The number of anilines is 2. The summed E-state index contributed by atoms with van der Waals surface area (Å²) in [6, 6.07) is 51.3. The molecule has 46 heavy (non-hydrogen) atoms. The van der Waals surface area contributed by atoms with Crippen LogP contribution in [0.2, 0.25) is 0 Å². The average molecular weight is 587 g/mol.